The highest BCUT2D eigenvalue weighted by atomic mass is 19.4. The summed E-state index contributed by atoms with van der Waals surface area (Å²) in [6.45, 7) is 0.816. The number of carbonyl (C=O) groups excluding carboxylic acids is 3. The van der Waals surface area contributed by atoms with E-state index in [0.29, 0.717) is 0 Å². The lowest BCUT2D eigenvalue weighted by Gasteiger charge is -2.18. The minimum atomic E-state index is -4.92. The number of aliphatic hydroxyl groups excluding tert-OH is 1. The van der Waals surface area contributed by atoms with E-state index in [1.165, 1.54) is 48.5 Å². The number of ether oxygens (including phenoxy) is 1. The van der Waals surface area contributed by atoms with Gasteiger partial charge in [0.15, 0.2) is 0 Å². The van der Waals surface area contributed by atoms with Gasteiger partial charge in [0.25, 0.3) is 6.10 Å². The predicted molar refractivity (Wildman–Crippen MR) is 95.2 cm³/mol. The maximum atomic E-state index is 12.5. The molecule has 31 heavy (non-hydrogen) atoms. The van der Waals surface area contributed by atoms with E-state index in [2.05, 4.69) is 4.74 Å². The third-order valence-corrected chi connectivity index (χ3v) is 3.49. The molecule has 5 nitrogen and oxygen atoms in total. The Bertz CT molecular complexity index is 878. The first-order valence-electron chi connectivity index (χ1n) is 8.42. The largest absolute Gasteiger partial charge is 0.444 e. The van der Waals surface area contributed by atoms with E-state index < -0.39 is 42.1 Å². The van der Waals surface area contributed by atoms with Crippen LogP contribution in [0.4, 0.5) is 26.3 Å². The number of carbonyl (C=O) groups is 3. The molecule has 0 aliphatic carbocycles. The van der Waals surface area contributed by atoms with Crippen LogP contribution in [0.25, 0.3) is 0 Å². The molecule has 2 atom stereocenters. The summed E-state index contributed by atoms with van der Waals surface area (Å²) in [5, 5.41) is 8.63. The number of esters is 1. The maximum Gasteiger partial charge on any atom is 0.433 e. The van der Waals surface area contributed by atoms with E-state index in [1.807, 2.05) is 0 Å². The van der Waals surface area contributed by atoms with Gasteiger partial charge in [-0.05, 0) is 0 Å². The summed E-state index contributed by atoms with van der Waals surface area (Å²) in [4.78, 5) is 33.1. The Labute approximate surface area is 172 Å². The molecular formula is C20H16F6O5. The monoisotopic (exact) mass is 450 g/mol. The van der Waals surface area contributed by atoms with Crippen molar-refractivity contribution in [3.8, 4) is 0 Å². The highest BCUT2D eigenvalue weighted by Crippen LogP contribution is 2.26. The molecule has 2 unspecified atom stereocenters. The van der Waals surface area contributed by atoms with Crippen LogP contribution < -0.4 is 0 Å². The quantitative estimate of drug-likeness (QED) is 0.421. The topological polar surface area (TPSA) is 80.7 Å². The van der Waals surface area contributed by atoms with Gasteiger partial charge in [-0.1, -0.05) is 60.7 Å². The molecule has 0 saturated heterocycles. The van der Waals surface area contributed by atoms with Crippen LogP contribution in [0.15, 0.2) is 60.7 Å². The number of hydrogen-bond donors (Lipinski definition) is 1. The second kappa shape index (κ2) is 10.7. The number of rotatable bonds is 5. The molecule has 168 valence electrons. The Morgan fingerprint density at radius 2 is 1.13 bits per heavy atom. The van der Waals surface area contributed by atoms with Crippen LogP contribution >= 0.6 is 0 Å². The average molecular weight is 450 g/mol. The molecular weight excluding hydrogens is 434 g/mol. The van der Waals surface area contributed by atoms with Gasteiger partial charge >= 0.3 is 18.3 Å². The zero-order valence-corrected chi connectivity index (χ0v) is 15.8. The van der Waals surface area contributed by atoms with Crippen molar-refractivity contribution >= 4 is 17.5 Å². The van der Waals surface area contributed by atoms with Crippen LogP contribution in [0.3, 0.4) is 0 Å². The summed E-state index contributed by atoms with van der Waals surface area (Å²) in [6.07, 6.45) is -15.5. The van der Waals surface area contributed by atoms with Crippen molar-refractivity contribution in [2.45, 2.75) is 31.5 Å². The third-order valence-electron chi connectivity index (χ3n) is 3.49. The van der Waals surface area contributed by atoms with E-state index in [4.69, 9.17) is 5.11 Å². The molecule has 0 aliphatic heterocycles. The van der Waals surface area contributed by atoms with Crippen LogP contribution in [-0.4, -0.2) is 47.2 Å². The second-order valence-corrected chi connectivity index (χ2v) is 5.94. The van der Waals surface area contributed by atoms with E-state index in [9.17, 15) is 40.7 Å². The summed E-state index contributed by atoms with van der Waals surface area (Å²) >= 11 is 0. The number of hydrogen-bond acceptors (Lipinski definition) is 5. The number of halogens is 6. The maximum absolute atomic E-state index is 12.5. The molecule has 0 aliphatic rings. The normalized spacial score (nSPS) is 13.3. The first kappa shape index (κ1) is 25.8. The fraction of sp³-hybridized carbons (Fsp3) is 0.250. The summed E-state index contributed by atoms with van der Waals surface area (Å²) in [7, 11) is 0. The minimum absolute atomic E-state index is 0.155. The lowest BCUT2D eigenvalue weighted by atomic mass is 10.1. The molecule has 1 N–H and O–H groups in total. The summed E-state index contributed by atoms with van der Waals surface area (Å²) in [5.74, 6) is -3.77. The standard InChI is InChI=1S/C11H9F3O3.C9H7F3O2/c1-7(15)17-10(11(12,13)14)9(16)8-5-3-2-4-6-8;10-9(11,12)8(14)7(13)6-4-2-1-3-5-6/h2-6,10H,1H3;1-5,8,14H. The Morgan fingerprint density at radius 1 is 0.742 bits per heavy atom. The van der Waals surface area contributed by atoms with Gasteiger partial charge in [-0.3, -0.25) is 14.4 Å². The van der Waals surface area contributed by atoms with Gasteiger partial charge in [0, 0.05) is 18.1 Å². The smallest absolute Gasteiger partial charge is 0.433 e. The van der Waals surface area contributed by atoms with Gasteiger partial charge in [0.05, 0.1) is 0 Å². The van der Waals surface area contributed by atoms with Crippen LogP contribution in [-0.2, 0) is 9.53 Å². The molecule has 2 aromatic carbocycles. The molecule has 0 heterocycles. The van der Waals surface area contributed by atoms with Gasteiger partial charge < -0.3 is 9.84 Å². The Morgan fingerprint density at radius 3 is 1.45 bits per heavy atom. The lowest BCUT2D eigenvalue weighted by Crippen LogP contribution is -2.40. The van der Waals surface area contributed by atoms with Gasteiger partial charge in [-0.2, -0.15) is 26.3 Å². The molecule has 0 spiro atoms. The first-order chi connectivity index (χ1) is 14.2. The molecule has 0 amide bonds. The van der Waals surface area contributed by atoms with Crippen molar-refractivity contribution < 1.29 is 50.6 Å². The van der Waals surface area contributed by atoms with Crippen LogP contribution in [0.2, 0.25) is 0 Å². The highest BCUT2D eigenvalue weighted by Gasteiger charge is 2.48. The number of benzene rings is 2. The summed E-state index contributed by atoms with van der Waals surface area (Å²) in [5.41, 5.74) is -0.312. The number of Topliss-reactive ketones (excluding diaryl/α,β-unsaturated/α-hetero) is 2. The van der Waals surface area contributed by atoms with Crippen molar-refractivity contribution in [1.29, 1.82) is 0 Å². The van der Waals surface area contributed by atoms with Gasteiger partial charge in [0.2, 0.25) is 17.7 Å². The third kappa shape index (κ3) is 8.21. The Kier molecular flexibility index (Phi) is 8.92. The number of alkyl halides is 6. The molecule has 0 aromatic heterocycles. The van der Waals surface area contributed by atoms with Gasteiger partial charge in [0.1, 0.15) is 0 Å². The number of aliphatic hydroxyl groups is 1. The van der Waals surface area contributed by atoms with E-state index in [0.717, 1.165) is 6.92 Å². The van der Waals surface area contributed by atoms with Crippen molar-refractivity contribution in [2.24, 2.45) is 0 Å². The van der Waals surface area contributed by atoms with Crippen LogP contribution in [0.5, 0.6) is 0 Å². The van der Waals surface area contributed by atoms with E-state index in [1.54, 1.807) is 12.1 Å². The van der Waals surface area contributed by atoms with E-state index >= 15 is 0 Å². The molecule has 11 heteroatoms. The number of ketones is 2. The average Bonchev–Trinajstić information content (AvgIpc) is 2.70. The molecule has 0 bridgehead atoms. The van der Waals surface area contributed by atoms with Crippen molar-refractivity contribution in [3.05, 3.63) is 71.8 Å². The molecule has 0 radical (unpaired) electrons. The van der Waals surface area contributed by atoms with Gasteiger partial charge in [-0.15, -0.1) is 0 Å². The second-order valence-electron chi connectivity index (χ2n) is 5.94. The van der Waals surface area contributed by atoms with E-state index in [-0.39, 0.29) is 11.1 Å². The fourth-order valence-electron chi connectivity index (χ4n) is 2.10. The first-order valence-corrected chi connectivity index (χ1v) is 8.42. The van der Waals surface area contributed by atoms with Crippen molar-refractivity contribution in [1.82, 2.24) is 0 Å². The summed E-state index contributed by atoms with van der Waals surface area (Å²) in [6, 6.07) is 13.7. The van der Waals surface area contributed by atoms with Crippen LogP contribution in [0.1, 0.15) is 27.6 Å². The molecule has 0 fully saturated rings. The molecule has 2 aromatic rings. The molecule has 2 rings (SSSR count). The zero-order valence-electron chi connectivity index (χ0n) is 15.8. The van der Waals surface area contributed by atoms with Crippen molar-refractivity contribution in [2.75, 3.05) is 0 Å². The lowest BCUT2D eigenvalue weighted by molar-refractivity contribution is -0.205. The Balaban J connectivity index is 0.000000316. The van der Waals surface area contributed by atoms with Gasteiger partial charge in [-0.25, -0.2) is 0 Å². The predicted octanol–water partition coefficient (Wildman–Crippen LogP) is 4.16. The SMILES string of the molecule is CC(=O)OC(C(=O)c1ccccc1)C(F)(F)F.O=C(c1ccccc1)C(O)C(F)(F)F. The molecule has 0 saturated carbocycles. The summed E-state index contributed by atoms with van der Waals surface area (Å²) < 4.78 is 77.3. The van der Waals surface area contributed by atoms with Crippen molar-refractivity contribution in [3.63, 3.8) is 0 Å². The fourth-order valence-corrected chi connectivity index (χ4v) is 2.10. The Hall–Kier alpha value is -3.21. The minimum Gasteiger partial charge on any atom is -0.444 e. The van der Waals surface area contributed by atoms with Crippen LogP contribution in [0, 0.1) is 0 Å². The zero-order chi connectivity index (χ0) is 23.8. The highest BCUT2D eigenvalue weighted by molar-refractivity contribution is 6.01.